The number of aryl methyl sites for hydroxylation is 1. The Bertz CT molecular complexity index is 792. The smallest absolute Gasteiger partial charge is 0.263 e. The Kier molecular flexibility index (Phi) is 5.58. The summed E-state index contributed by atoms with van der Waals surface area (Å²) >= 11 is 13.3. The Balaban J connectivity index is 2.53. The third kappa shape index (κ3) is 3.28. The standard InChI is InChI=1S/C15H14Cl2N2O4S/c1-6-5-24-15(9(6)13(18)20)19-14(21)10-11(22-2)7(16)4-8(17)12(10)23-3/h4-5H,1-3H3,(H2,18,20)(H,19,21). The van der Waals surface area contributed by atoms with Crippen molar-refractivity contribution in [1.29, 1.82) is 0 Å². The van der Waals surface area contributed by atoms with Crippen LogP contribution in [0.15, 0.2) is 11.4 Å². The van der Waals surface area contributed by atoms with Gasteiger partial charge in [0.2, 0.25) is 0 Å². The van der Waals surface area contributed by atoms with Gasteiger partial charge in [0, 0.05) is 0 Å². The first-order valence-corrected chi connectivity index (χ1v) is 8.24. The van der Waals surface area contributed by atoms with Crippen molar-refractivity contribution in [3.05, 3.63) is 38.2 Å². The van der Waals surface area contributed by atoms with Gasteiger partial charge in [-0.1, -0.05) is 23.2 Å². The molecular weight excluding hydrogens is 375 g/mol. The first-order valence-electron chi connectivity index (χ1n) is 6.61. The fourth-order valence-electron chi connectivity index (χ4n) is 2.20. The fourth-order valence-corrected chi connectivity index (χ4v) is 3.76. The SMILES string of the molecule is COc1c(Cl)cc(Cl)c(OC)c1C(=O)Nc1scc(C)c1C(N)=O. The summed E-state index contributed by atoms with van der Waals surface area (Å²) in [5.41, 5.74) is 6.31. The second-order valence-corrected chi connectivity index (χ2v) is 6.42. The third-order valence-corrected chi connectivity index (χ3v) is 4.80. The van der Waals surface area contributed by atoms with E-state index in [0.717, 1.165) is 0 Å². The van der Waals surface area contributed by atoms with Crippen LogP contribution in [0.25, 0.3) is 0 Å². The summed E-state index contributed by atoms with van der Waals surface area (Å²) in [5.74, 6) is -0.988. The molecule has 0 atom stereocenters. The largest absolute Gasteiger partial charge is 0.494 e. The van der Waals surface area contributed by atoms with Gasteiger partial charge in [0.15, 0.2) is 11.5 Å². The van der Waals surface area contributed by atoms with Crippen molar-refractivity contribution in [3.8, 4) is 11.5 Å². The van der Waals surface area contributed by atoms with Crippen LogP contribution in [0.5, 0.6) is 11.5 Å². The van der Waals surface area contributed by atoms with Crippen LogP contribution in [0.1, 0.15) is 26.3 Å². The van der Waals surface area contributed by atoms with Crippen molar-refractivity contribution in [1.82, 2.24) is 0 Å². The van der Waals surface area contributed by atoms with E-state index in [1.807, 2.05) is 0 Å². The molecule has 0 saturated heterocycles. The van der Waals surface area contributed by atoms with Crippen LogP contribution in [0.3, 0.4) is 0 Å². The molecule has 3 N–H and O–H groups in total. The highest BCUT2D eigenvalue weighted by atomic mass is 35.5. The van der Waals surface area contributed by atoms with Gasteiger partial charge in [0.05, 0.1) is 29.8 Å². The number of ether oxygens (including phenoxy) is 2. The molecule has 0 aliphatic carbocycles. The topological polar surface area (TPSA) is 90.7 Å². The van der Waals surface area contributed by atoms with Crippen molar-refractivity contribution in [3.63, 3.8) is 0 Å². The predicted octanol–water partition coefficient (Wildman–Crippen LogP) is 3.73. The third-order valence-electron chi connectivity index (χ3n) is 3.23. The van der Waals surface area contributed by atoms with Gasteiger partial charge in [0.25, 0.3) is 11.8 Å². The average Bonchev–Trinajstić information content (AvgIpc) is 2.87. The number of benzene rings is 1. The first kappa shape index (κ1) is 18.4. The Hall–Kier alpha value is -1.96. The lowest BCUT2D eigenvalue weighted by Crippen LogP contribution is -2.18. The van der Waals surface area contributed by atoms with Crippen molar-refractivity contribution >= 4 is 51.4 Å². The number of rotatable bonds is 5. The number of amides is 2. The van der Waals surface area contributed by atoms with E-state index in [-0.39, 0.29) is 32.7 Å². The zero-order valence-electron chi connectivity index (χ0n) is 13.0. The molecule has 0 fully saturated rings. The van der Waals surface area contributed by atoms with Gasteiger partial charge in [0.1, 0.15) is 10.6 Å². The molecule has 0 aliphatic heterocycles. The molecule has 1 aromatic heterocycles. The molecule has 2 rings (SSSR count). The van der Waals surface area contributed by atoms with E-state index in [4.69, 9.17) is 38.4 Å². The predicted molar refractivity (Wildman–Crippen MR) is 95.1 cm³/mol. The van der Waals surface area contributed by atoms with E-state index in [1.165, 1.54) is 31.6 Å². The lowest BCUT2D eigenvalue weighted by Gasteiger charge is -2.15. The van der Waals surface area contributed by atoms with Crippen LogP contribution < -0.4 is 20.5 Å². The summed E-state index contributed by atoms with van der Waals surface area (Å²) in [5, 5.41) is 4.99. The van der Waals surface area contributed by atoms with E-state index in [0.29, 0.717) is 10.6 Å². The van der Waals surface area contributed by atoms with Gasteiger partial charge in [-0.25, -0.2) is 0 Å². The number of anilines is 1. The fraction of sp³-hybridized carbons (Fsp3) is 0.200. The lowest BCUT2D eigenvalue weighted by molar-refractivity contribution is 0.100. The van der Waals surface area contributed by atoms with Crippen LogP contribution in [-0.4, -0.2) is 26.0 Å². The van der Waals surface area contributed by atoms with Crippen molar-refractivity contribution in [2.45, 2.75) is 6.92 Å². The number of methoxy groups -OCH3 is 2. The number of halogens is 2. The molecular formula is C15H14Cl2N2O4S. The number of hydrogen-bond acceptors (Lipinski definition) is 5. The Labute approximate surface area is 152 Å². The maximum absolute atomic E-state index is 12.7. The van der Waals surface area contributed by atoms with Crippen LogP contribution in [0.2, 0.25) is 10.0 Å². The minimum absolute atomic E-state index is 0.0268. The number of nitrogens with one attached hydrogen (secondary N) is 1. The zero-order chi connectivity index (χ0) is 18.0. The van der Waals surface area contributed by atoms with Gasteiger partial charge in [-0.15, -0.1) is 11.3 Å². The van der Waals surface area contributed by atoms with E-state index in [1.54, 1.807) is 12.3 Å². The highest BCUT2D eigenvalue weighted by Gasteiger charge is 2.26. The van der Waals surface area contributed by atoms with Gasteiger partial charge in [-0.3, -0.25) is 9.59 Å². The molecule has 2 aromatic rings. The second kappa shape index (κ2) is 7.29. The van der Waals surface area contributed by atoms with Crippen molar-refractivity contribution in [2.24, 2.45) is 5.73 Å². The average molecular weight is 389 g/mol. The van der Waals surface area contributed by atoms with Crippen LogP contribution in [0.4, 0.5) is 5.00 Å². The molecule has 24 heavy (non-hydrogen) atoms. The van der Waals surface area contributed by atoms with Gasteiger partial charge >= 0.3 is 0 Å². The molecule has 0 spiro atoms. The molecule has 0 unspecified atom stereocenters. The summed E-state index contributed by atoms with van der Waals surface area (Å²) in [4.78, 5) is 24.3. The number of carbonyl (C=O) groups excluding carboxylic acids is 2. The molecule has 0 aliphatic rings. The van der Waals surface area contributed by atoms with Crippen LogP contribution in [0, 0.1) is 6.92 Å². The van der Waals surface area contributed by atoms with E-state index in [9.17, 15) is 9.59 Å². The molecule has 128 valence electrons. The molecule has 1 aromatic carbocycles. The zero-order valence-corrected chi connectivity index (χ0v) is 15.4. The quantitative estimate of drug-likeness (QED) is 0.815. The van der Waals surface area contributed by atoms with Crippen LogP contribution in [-0.2, 0) is 0 Å². The van der Waals surface area contributed by atoms with E-state index in [2.05, 4.69) is 5.32 Å². The van der Waals surface area contributed by atoms with Crippen molar-refractivity contribution in [2.75, 3.05) is 19.5 Å². The minimum atomic E-state index is -0.632. The number of hydrogen-bond donors (Lipinski definition) is 2. The van der Waals surface area contributed by atoms with Gasteiger partial charge in [-0.05, 0) is 23.9 Å². The normalized spacial score (nSPS) is 10.4. The summed E-state index contributed by atoms with van der Waals surface area (Å²) in [6, 6.07) is 1.42. The molecule has 6 nitrogen and oxygen atoms in total. The molecule has 9 heteroatoms. The Morgan fingerprint density at radius 1 is 1.12 bits per heavy atom. The van der Waals surface area contributed by atoms with Gasteiger partial charge in [-0.2, -0.15) is 0 Å². The number of thiophene rings is 1. The summed E-state index contributed by atoms with van der Waals surface area (Å²) in [6.45, 7) is 1.73. The number of primary amides is 1. The van der Waals surface area contributed by atoms with E-state index < -0.39 is 11.8 Å². The Morgan fingerprint density at radius 2 is 1.67 bits per heavy atom. The lowest BCUT2D eigenvalue weighted by atomic mass is 10.1. The first-order chi connectivity index (χ1) is 11.3. The molecule has 0 radical (unpaired) electrons. The summed E-state index contributed by atoms with van der Waals surface area (Å²) in [6.07, 6.45) is 0. The monoisotopic (exact) mass is 388 g/mol. The summed E-state index contributed by atoms with van der Waals surface area (Å²) < 4.78 is 10.4. The van der Waals surface area contributed by atoms with E-state index >= 15 is 0 Å². The maximum atomic E-state index is 12.7. The second-order valence-electron chi connectivity index (χ2n) is 4.72. The minimum Gasteiger partial charge on any atom is -0.494 e. The van der Waals surface area contributed by atoms with Crippen LogP contribution >= 0.6 is 34.5 Å². The Morgan fingerprint density at radius 3 is 2.12 bits per heavy atom. The maximum Gasteiger partial charge on any atom is 0.263 e. The number of carbonyl (C=O) groups is 2. The van der Waals surface area contributed by atoms with Crippen molar-refractivity contribution < 1.29 is 19.1 Å². The molecule has 1 heterocycles. The number of nitrogens with two attached hydrogens (primary N) is 1. The molecule has 0 saturated carbocycles. The highest BCUT2D eigenvalue weighted by molar-refractivity contribution is 7.15. The highest BCUT2D eigenvalue weighted by Crippen LogP contribution is 2.41. The van der Waals surface area contributed by atoms with Gasteiger partial charge < -0.3 is 20.5 Å². The summed E-state index contributed by atoms with van der Waals surface area (Å²) in [7, 11) is 2.74. The molecule has 0 bridgehead atoms. The molecule has 2 amide bonds.